The molecule has 1 aromatic rings. The predicted octanol–water partition coefficient (Wildman–Crippen LogP) is 2.46. The smallest absolute Gasteiger partial charge is 0.305 e. The van der Waals surface area contributed by atoms with E-state index in [0.29, 0.717) is 5.56 Å². The van der Waals surface area contributed by atoms with Gasteiger partial charge in [0.1, 0.15) is 0 Å². The summed E-state index contributed by atoms with van der Waals surface area (Å²) in [6.07, 6.45) is -0.0346. The summed E-state index contributed by atoms with van der Waals surface area (Å²) in [6, 6.07) is 1.76. The van der Waals surface area contributed by atoms with Crippen molar-refractivity contribution in [2.75, 3.05) is 6.54 Å². The van der Waals surface area contributed by atoms with Gasteiger partial charge in [0.05, 0.1) is 12.0 Å². The second-order valence-electron chi connectivity index (χ2n) is 4.78. The van der Waals surface area contributed by atoms with Gasteiger partial charge in [0.25, 0.3) is 5.91 Å². The number of carboxylic acids is 1. The number of carboxylic acid groups (broad SMARTS) is 1. The molecule has 0 aliphatic carbocycles. The molecule has 0 saturated heterocycles. The zero-order valence-electron chi connectivity index (χ0n) is 10.3. The Balaban J connectivity index is 2.84. The molecule has 0 radical (unpaired) electrons. The lowest BCUT2D eigenvalue weighted by molar-refractivity contribution is -0.137. The summed E-state index contributed by atoms with van der Waals surface area (Å²) in [7, 11) is 0. The van der Waals surface area contributed by atoms with E-state index in [1.807, 2.05) is 26.2 Å². The Morgan fingerprint density at radius 2 is 2.06 bits per heavy atom. The lowest BCUT2D eigenvalue weighted by atomic mass is 10.0. The molecule has 0 spiro atoms. The van der Waals surface area contributed by atoms with Gasteiger partial charge in [-0.15, -0.1) is 0 Å². The van der Waals surface area contributed by atoms with Gasteiger partial charge in [-0.25, -0.2) is 0 Å². The third kappa shape index (κ3) is 3.85. The second-order valence-corrected chi connectivity index (χ2v) is 5.56. The third-order valence-corrected chi connectivity index (χ3v) is 3.06. The number of aliphatic carboxylic acids is 1. The lowest BCUT2D eigenvalue weighted by Crippen LogP contribution is -2.46. The van der Waals surface area contributed by atoms with Gasteiger partial charge >= 0.3 is 5.97 Å². The van der Waals surface area contributed by atoms with Gasteiger partial charge in [0.15, 0.2) is 0 Å². The summed E-state index contributed by atoms with van der Waals surface area (Å²) in [5.74, 6) is -1.00. The summed E-state index contributed by atoms with van der Waals surface area (Å²) in [5.41, 5.74) is 0.240. The number of carbonyl (C=O) groups excluding carboxylic acids is 1. The maximum atomic E-state index is 12.2. The maximum absolute atomic E-state index is 12.2. The molecule has 1 rings (SSSR count). The first-order valence-corrected chi connectivity index (χ1v) is 6.32. The number of amides is 1. The Kier molecular flexibility index (Phi) is 4.28. The minimum atomic E-state index is -0.891. The van der Waals surface area contributed by atoms with Crippen molar-refractivity contribution in [3.63, 3.8) is 0 Å². The minimum absolute atomic E-state index is 0.0346. The lowest BCUT2D eigenvalue weighted by Gasteiger charge is -2.35. The number of thiophene rings is 1. The van der Waals surface area contributed by atoms with Crippen molar-refractivity contribution in [3.05, 3.63) is 22.4 Å². The quantitative estimate of drug-likeness (QED) is 0.899. The first kappa shape index (κ1) is 13.7. The normalized spacial score (nSPS) is 11.2. The number of carbonyl (C=O) groups is 2. The van der Waals surface area contributed by atoms with E-state index in [1.165, 1.54) is 11.3 Å². The number of rotatable bonds is 4. The highest BCUT2D eigenvalue weighted by Gasteiger charge is 2.27. The Morgan fingerprint density at radius 1 is 1.41 bits per heavy atom. The van der Waals surface area contributed by atoms with E-state index < -0.39 is 5.97 Å². The molecule has 0 bridgehead atoms. The van der Waals surface area contributed by atoms with Crippen LogP contribution in [0.15, 0.2) is 16.8 Å². The summed E-state index contributed by atoms with van der Waals surface area (Å²) in [4.78, 5) is 24.4. The minimum Gasteiger partial charge on any atom is -0.481 e. The van der Waals surface area contributed by atoms with E-state index in [0.717, 1.165) is 0 Å². The topological polar surface area (TPSA) is 57.6 Å². The molecule has 5 heteroatoms. The molecule has 1 amide bonds. The van der Waals surface area contributed by atoms with E-state index >= 15 is 0 Å². The van der Waals surface area contributed by atoms with Crippen LogP contribution in [0.5, 0.6) is 0 Å². The van der Waals surface area contributed by atoms with Gasteiger partial charge < -0.3 is 10.0 Å². The van der Waals surface area contributed by atoms with Gasteiger partial charge in [0.2, 0.25) is 0 Å². The molecule has 0 aliphatic heterocycles. The molecule has 0 saturated carbocycles. The van der Waals surface area contributed by atoms with Crippen LogP contribution in [0.25, 0.3) is 0 Å². The largest absolute Gasteiger partial charge is 0.481 e. The van der Waals surface area contributed by atoms with Crippen LogP contribution in [0.1, 0.15) is 37.6 Å². The van der Waals surface area contributed by atoms with Crippen molar-refractivity contribution >= 4 is 23.2 Å². The van der Waals surface area contributed by atoms with Crippen molar-refractivity contribution in [2.24, 2.45) is 0 Å². The van der Waals surface area contributed by atoms with Crippen LogP contribution in [0.4, 0.5) is 0 Å². The van der Waals surface area contributed by atoms with Crippen LogP contribution in [0, 0.1) is 0 Å². The monoisotopic (exact) mass is 255 g/mol. The molecule has 0 fully saturated rings. The molecule has 1 N–H and O–H groups in total. The first-order valence-electron chi connectivity index (χ1n) is 5.38. The Morgan fingerprint density at radius 3 is 2.47 bits per heavy atom. The summed E-state index contributed by atoms with van der Waals surface area (Å²) < 4.78 is 0. The van der Waals surface area contributed by atoms with Gasteiger partial charge in [-0.1, -0.05) is 0 Å². The number of nitrogens with zero attached hydrogens (tertiary/aromatic N) is 1. The second kappa shape index (κ2) is 5.31. The molecule has 0 unspecified atom stereocenters. The van der Waals surface area contributed by atoms with Gasteiger partial charge in [-0.05, 0) is 32.2 Å². The summed E-state index contributed by atoms with van der Waals surface area (Å²) >= 11 is 1.46. The van der Waals surface area contributed by atoms with Crippen LogP contribution < -0.4 is 0 Å². The van der Waals surface area contributed by atoms with Gasteiger partial charge in [0, 0.05) is 17.5 Å². The zero-order valence-corrected chi connectivity index (χ0v) is 11.1. The average molecular weight is 255 g/mol. The average Bonchev–Trinajstić information content (AvgIpc) is 2.67. The van der Waals surface area contributed by atoms with Crippen molar-refractivity contribution < 1.29 is 14.7 Å². The summed E-state index contributed by atoms with van der Waals surface area (Å²) in [5, 5.41) is 12.3. The van der Waals surface area contributed by atoms with Crippen LogP contribution in [-0.4, -0.2) is 34.0 Å². The van der Waals surface area contributed by atoms with Crippen LogP contribution >= 0.6 is 11.3 Å². The van der Waals surface area contributed by atoms with E-state index in [2.05, 4.69) is 0 Å². The van der Waals surface area contributed by atoms with Crippen LogP contribution in [0.3, 0.4) is 0 Å². The number of hydrogen-bond acceptors (Lipinski definition) is 3. The standard InChI is InChI=1S/C12H17NO3S/c1-12(2,3)13(6-4-10(14)15)11(16)9-5-7-17-8-9/h5,7-8H,4,6H2,1-3H3,(H,14,15). The fraction of sp³-hybridized carbons (Fsp3) is 0.500. The molecule has 1 aromatic heterocycles. The van der Waals surface area contributed by atoms with E-state index in [1.54, 1.807) is 16.3 Å². The van der Waals surface area contributed by atoms with Gasteiger partial charge in [-0.3, -0.25) is 9.59 Å². The highest BCUT2D eigenvalue weighted by atomic mass is 32.1. The molecule has 0 atom stereocenters. The Bertz CT molecular complexity index is 392. The zero-order chi connectivity index (χ0) is 13.1. The molecular weight excluding hydrogens is 238 g/mol. The van der Waals surface area contributed by atoms with E-state index in [4.69, 9.17) is 5.11 Å². The molecule has 0 aliphatic rings. The SMILES string of the molecule is CC(C)(C)N(CCC(=O)O)C(=O)c1ccsc1. The van der Waals surface area contributed by atoms with E-state index in [9.17, 15) is 9.59 Å². The highest BCUT2D eigenvalue weighted by molar-refractivity contribution is 7.08. The van der Waals surface area contributed by atoms with Gasteiger partial charge in [-0.2, -0.15) is 11.3 Å². The molecule has 0 aromatic carbocycles. The molecule has 17 heavy (non-hydrogen) atoms. The van der Waals surface area contributed by atoms with Crippen molar-refractivity contribution in [1.29, 1.82) is 0 Å². The fourth-order valence-corrected chi connectivity index (χ4v) is 2.12. The fourth-order valence-electron chi connectivity index (χ4n) is 1.49. The predicted molar refractivity (Wildman–Crippen MR) is 67.4 cm³/mol. The number of hydrogen-bond donors (Lipinski definition) is 1. The molecule has 4 nitrogen and oxygen atoms in total. The highest BCUT2D eigenvalue weighted by Crippen LogP contribution is 2.19. The Labute approximate surface area is 105 Å². The van der Waals surface area contributed by atoms with Crippen molar-refractivity contribution in [1.82, 2.24) is 4.90 Å². The van der Waals surface area contributed by atoms with Crippen LogP contribution in [-0.2, 0) is 4.79 Å². The summed E-state index contributed by atoms with van der Waals surface area (Å²) in [6.45, 7) is 5.94. The molecule has 1 heterocycles. The Hall–Kier alpha value is -1.36. The van der Waals surface area contributed by atoms with Crippen molar-refractivity contribution in [3.8, 4) is 0 Å². The van der Waals surface area contributed by atoms with Crippen molar-refractivity contribution in [2.45, 2.75) is 32.7 Å². The first-order chi connectivity index (χ1) is 7.82. The van der Waals surface area contributed by atoms with E-state index in [-0.39, 0.29) is 24.4 Å². The molecule has 94 valence electrons. The maximum Gasteiger partial charge on any atom is 0.305 e. The molecular formula is C12H17NO3S. The van der Waals surface area contributed by atoms with Crippen LogP contribution in [0.2, 0.25) is 0 Å². The third-order valence-electron chi connectivity index (χ3n) is 2.37.